The van der Waals surface area contributed by atoms with Gasteiger partial charge in [0.2, 0.25) is 0 Å². The molecule has 0 N–H and O–H groups in total. The van der Waals surface area contributed by atoms with E-state index in [1.54, 1.807) is 6.07 Å². The fourth-order valence-electron chi connectivity index (χ4n) is 5.68. The van der Waals surface area contributed by atoms with Crippen molar-refractivity contribution in [3.63, 3.8) is 0 Å². The zero-order valence-corrected chi connectivity index (χ0v) is 16.0. The van der Waals surface area contributed by atoms with Crippen molar-refractivity contribution in [2.45, 2.75) is 31.8 Å². The molecule has 2 aliphatic heterocycles. The van der Waals surface area contributed by atoms with Gasteiger partial charge in [-0.2, -0.15) is 0 Å². The van der Waals surface area contributed by atoms with Crippen LogP contribution >= 0.6 is 0 Å². The van der Waals surface area contributed by atoms with Crippen LogP contribution in [-0.2, 0) is 19.5 Å². The second-order valence-electron chi connectivity index (χ2n) is 8.72. The minimum atomic E-state index is 0.166. The van der Waals surface area contributed by atoms with Gasteiger partial charge in [0.25, 0.3) is 5.56 Å². The van der Waals surface area contributed by atoms with Crippen LogP contribution in [0.4, 0.5) is 0 Å². The Labute approximate surface area is 165 Å². The first-order chi connectivity index (χ1) is 13.7. The van der Waals surface area contributed by atoms with E-state index in [4.69, 9.17) is 0 Å². The Bertz CT molecular complexity index is 1130. The highest BCUT2D eigenvalue weighted by Gasteiger charge is 2.34. The third-order valence-corrected chi connectivity index (χ3v) is 6.82. The predicted molar refractivity (Wildman–Crippen MR) is 112 cm³/mol. The molecule has 3 aliphatic rings. The normalized spacial score (nSPS) is 22.4. The van der Waals surface area contributed by atoms with Crippen LogP contribution in [0.15, 0.2) is 65.5 Å². The van der Waals surface area contributed by atoms with Crippen LogP contribution in [0, 0.1) is 5.92 Å². The maximum atomic E-state index is 12.2. The average Bonchev–Trinajstić information content (AvgIpc) is 3.06. The Morgan fingerprint density at radius 2 is 1.75 bits per heavy atom. The molecular weight excluding hydrogens is 344 g/mol. The number of likely N-dealkylation sites (tertiary alicyclic amines) is 1. The molecule has 1 saturated heterocycles. The van der Waals surface area contributed by atoms with Crippen molar-refractivity contribution in [3.8, 4) is 11.1 Å². The molecule has 0 saturated carbocycles. The Morgan fingerprint density at radius 3 is 2.71 bits per heavy atom. The zero-order valence-electron chi connectivity index (χ0n) is 16.0. The number of hydrogen-bond donors (Lipinski definition) is 0. The van der Waals surface area contributed by atoms with Crippen molar-refractivity contribution in [2.24, 2.45) is 5.92 Å². The number of fused-ring (bicyclic) bond motifs is 7. The highest BCUT2D eigenvalue weighted by Crippen LogP contribution is 2.38. The molecule has 0 spiro atoms. The van der Waals surface area contributed by atoms with Crippen LogP contribution in [0.1, 0.15) is 34.7 Å². The van der Waals surface area contributed by atoms with Gasteiger partial charge in [-0.3, -0.25) is 9.69 Å². The van der Waals surface area contributed by atoms with Crippen LogP contribution in [-0.4, -0.2) is 22.6 Å². The number of rotatable bonds is 2. The largest absolute Gasteiger partial charge is 0.312 e. The first-order valence-corrected chi connectivity index (χ1v) is 10.4. The monoisotopic (exact) mass is 368 g/mol. The lowest BCUT2D eigenvalue weighted by atomic mass is 9.83. The summed E-state index contributed by atoms with van der Waals surface area (Å²) in [6.45, 7) is 4.03. The highest BCUT2D eigenvalue weighted by molar-refractivity contribution is 5.76. The lowest BCUT2D eigenvalue weighted by Gasteiger charge is -2.42. The lowest BCUT2D eigenvalue weighted by molar-refractivity contribution is 0.114. The SMILES string of the molecule is O=c1cccc2n1CC1CC2CN(Cc2ccc3c(c2)Cc2ccccc2-3)C1. The molecule has 6 rings (SSSR count). The van der Waals surface area contributed by atoms with Crippen molar-refractivity contribution in [2.75, 3.05) is 13.1 Å². The lowest BCUT2D eigenvalue weighted by Crippen LogP contribution is -2.46. The molecule has 0 amide bonds. The van der Waals surface area contributed by atoms with Crippen LogP contribution in [0.5, 0.6) is 0 Å². The van der Waals surface area contributed by atoms with Crippen LogP contribution in [0.3, 0.4) is 0 Å². The molecule has 3 aromatic rings. The maximum absolute atomic E-state index is 12.2. The summed E-state index contributed by atoms with van der Waals surface area (Å²) in [4.78, 5) is 14.8. The summed E-state index contributed by atoms with van der Waals surface area (Å²) in [7, 11) is 0. The number of piperidine rings is 1. The molecule has 1 aliphatic carbocycles. The van der Waals surface area contributed by atoms with E-state index in [2.05, 4.69) is 53.4 Å². The third-order valence-electron chi connectivity index (χ3n) is 6.82. The van der Waals surface area contributed by atoms with Crippen LogP contribution < -0.4 is 5.56 Å². The fraction of sp³-hybridized carbons (Fsp3) is 0.320. The summed E-state index contributed by atoms with van der Waals surface area (Å²) in [5.41, 5.74) is 8.53. The number of benzene rings is 2. The average molecular weight is 368 g/mol. The van der Waals surface area contributed by atoms with Gasteiger partial charge in [-0.05, 0) is 52.6 Å². The Morgan fingerprint density at radius 1 is 0.857 bits per heavy atom. The Hall–Kier alpha value is -2.65. The van der Waals surface area contributed by atoms with E-state index in [0.29, 0.717) is 11.8 Å². The second-order valence-corrected chi connectivity index (χ2v) is 8.72. The first-order valence-electron chi connectivity index (χ1n) is 10.4. The molecule has 3 nitrogen and oxygen atoms in total. The third kappa shape index (κ3) is 2.57. The van der Waals surface area contributed by atoms with E-state index < -0.39 is 0 Å². The smallest absolute Gasteiger partial charge is 0.250 e. The minimum absolute atomic E-state index is 0.166. The maximum Gasteiger partial charge on any atom is 0.250 e. The summed E-state index contributed by atoms with van der Waals surface area (Å²) in [6, 6.07) is 21.6. The van der Waals surface area contributed by atoms with Gasteiger partial charge in [0.1, 0.15) is 0 Å². The van der Waals surface area contributed by atoms with E-state index >= 15 is 0 Å². The number of nitrogens with zero attached hydrogens (tertiary/aromatic N) is 2. The molecule has 1 fully saturated rings. The molecule has 1 aromatic heterocycles. The summed E-state index contributed by atoms with van der Waals surface area (Å²) in [5.74, 6) is 1.07. The number of pyridine rings is 1. The van der Waals surface area contributed by atoms with Crippen molar-refractivity contribution in [1.29, 1.82) is 0 Å². The van der Waals surface area contributed by atoms with Crippen LogP contribution in [0.2, 0.25) is 0 Å². The molecule has 3 heterocycles. The molecule has 2 bridgehead atoms. The highest BCUT2D eigenvalue weighted by atomic mass is 16.1. The first kappa shape index (κ1) is 16.3. The molecule has 2 aromatic carbocycles. The van der Waals surface area contributed by atoms with Gasteiger partial charge in [0, 0.05) is 43.9 Å². The van der Waals surface area contributed by atoms with Gasteiger partial charge < -0.3 is 4.57 Å². The van der Waals surface area contributed by atoms with E-state index in [-0.39, 0.29) is 5.56 Å². The van der Waals surface area contributed by atoms with Crippen molar-refractivity contribution in [1.82, 2.24) is 9.47 Å². The predicted octanol–water partition coefficient (Wildman–Crippen LogP) is 4.04. The zero-order chi connectivity index (χ0) is 18.7. The van der Waals surface area contributed by atoms with Crippen molar-refractivity contribution in [3.05, 3.63) is 93.4 Å². The fourth-order valence-corrected chi connectivity index (χ4v) is 5.68. The van der Waals surface area contributed by atoms with Gasteiger partial charge in [0.15, 0.2) is 0 Å². The molecule has 3 heteroatoms. The van der Waals surface area contributed by atoms with E-state index in [1.807, 2.05) is 10.6 Å². The van der Waals surface area contributed by atoms with E-state index in [0.717, 1.165) is 32.6 Å². The second kappa shape index (κ2) is 6.18. The number of aromatic nitrogens is 1. The van der Waals surface area contributed by atoms with Gasteiger partial charge in [-0.15, -0.1) is 0 Å². The molecule has 2 atom stereocenters. The molecule has 2 unspecified atom stereocenters. The topological polar surface area (TPSA) is 25.2 Å². The molecule has 0 radical (unpaired) electrons. The van der Waals surface area contributed by atoms with Crippen molar-refractivity contribution < 1.29 is 0 Å². The summed E-state index contributed by atoms with van der Waals surface area (Å²) in [6.07, 6.45) is 2.28. The molecule has 140 valence electrons. The molecule has 28 heavy (non-hydrogen) atoms. The van der Waals surface area contributed by atoms with Gasteiger partial charge in [0.05, 0.1) is 0 Å². The van der Waals surface area contributed by atoms with Gasteiger partial charge in [-0.25, -0.2) is 0 Å². The number of hydrogen-bond acceptors (Lipinski definition) is 2. The van der Waals surface area contributed by atoms with Crippen LogP contribution in [0.25, 0.3) is 11.1 Å². The van der Waals surface area contributed by atoms with E-state index in [9.17, 15) is 4.79 Å². The Kier molecular flexibility index (Phi) is 3.60. The summed E-state index contributed by atoms with van der Waals surface area (Å²) < 4.78 is 2.02. The quantitative estimate of drug-likeness (QED) is 0.534. The van der Waals surface area contributed by atoms with E-state index in [1.165, 1.54) is 39.9 Å². The molecular formula is C25H24N2O. The summed E-state index contributed by atoms with van der Waals surface area (Å²) in [5, 5.41) is 0. The van der Waals surface area contributed by atoms with Gasteiger partial charge >= 0.3 is 0 Å². The minimum Gasteiger partial charge on any atom is -0.312 e. The van der Waals surface area contributed by atoms with Crippen molar-refractivity contribution >= 4 is 0 Å². The summed E-state index contributed by atoms with van der Waals surface area (Å²) >= 11 is 0. The Balaban J connectivity index is 1.24. The van der Waals surface area contributed by atoms with Gasteiger partial charge in [-0.1, -0.05) is 48.5 Å². The standard InChI is InChI=1S/C25H24N2O/c28-25-7-3-6-24-21-11-18(15-27(24)25)14-26(16-21)13-17-8-9-23-20(10-17)12-19-4-1-2-5-22(19)23/h1-10,18,21H,11-16H2.